The average molecular weight is 467 g/mol. The molecule has 4 heterocycles. The maximum atomic E-state index is 13.0. The Morgan fingerprint density at radius 2 is 1.94 bits per heavy atom. The first-order valence-corrected chi connectivity index (χ1v) is 11.8. The Morgan fingerprint density at radius 1 is 1.15 bits per heavy atom. The van der Waals surface area contributed by atoms with Gasteiger partial charge in [-0.05, 0) is 31.7 Å². The SMILES string of the molecule is CC(=O)N1CCC[C@H]1C(=O)N1CCC(Nc2ncc(Cl)c(-c3c[nH]c4ccccc34)n2)CC1. The molecule has 0 unspecified atom stereocenters. The minimum absolute atomic E-state index is 0.0201. The van der Waals surface area contributed by atoms with Gasteiger partial charge in [0.1, 0.15) is 6.04 Å². The van der Waals surface area contributed by atoms with Crippen molar-refractivity contribution in [2.45, 2.75) is 44.7 Å². The third-order valence-corrected chi connectivity index (χ3v) is 6.95. The molecule has 9 heteroatoms. The lowest BCUT2D eigenvalue weighted by molar-refractivity contribution is -0.143. The zero-order valence-electron chi connectivity index (χ0n) is 18.6. The second kappa shape index (κ2) is 9.02. The second-order valence-corrected chi connectivity index (χ2v) is 9.16. The molecular weight excluding hydrogens is 440 g/mol. The summed E-state index contributed by atoms with van der Waals surface area (Å²) >= 11 is 6.44. The number of carbonyl (C=O) groups is 2. The van der Waals surface area contributed by atoms with Gasteiger partial charge in [-0.15, -0.1) is 0 Å². The minimum atomic E-state index is -0.301. The Kier molecular flexibility index (Phi) is 5.93. The van der Waals surface area contributed by atoms with Gasteiger partial charge in [-0.1, -0.05) is 29.8 Å². The van der Waals surface area contributed by atoms with Crippen molar-refractivity contribution >= 4 is 40.3 Å². The van der Waals surface area contributed by atoms with Crippen LogP contribution in [-0.4, -0.2) is 68.3 Å². The summed E-state index contributed by atoms with van der Waals surface area (Å²) in [5.41, 5.74) is 2.65. The predicted molar refractivity (Wildman–Crippen MR) is 128 cm³/mol. The van der Waals surface area contributed by atoms with E-state index >= 15 is 0 Å². The van der Waals surface area contributed by atoms with Gasteiger partial charge in [-0.25, -0.2) is 9.97 Å². The number of fused-ring (bicyclic) bond motifs is 1. The number of benzene rings is 1. The molecule has 2 saturated heterocycles. The molecule has 0 radical (unpaired) electrons. The molecular formula is C24H27ClN6O2. The third-order valence-electron chi connectivity index (χ3n) is 6.67. The second-order valence-electron chi connectivity index (χ2n) is 8.75. The lowest BCUT2D eigenvalue weighted by Gasteiger charge is -2.35. The summed E-state index contributed by atoms with van der Waals surface area (Å²) in [6.45, 7) is 3.53. The van der Waals surface area contributed by atoms with Crippen LogP contribution in [0.4, 0.5) is 5.95 Å². The lowest BCUT2D eigenvalue weighted by Crippen LogP contribution is -2.50. The van der Waals surface area contributed by atoms with E-state index in [9.17, 15) is 9.59 Å². The molecule has 5 rings (SSSR count). The van der Waals surface area contributed by atoms with Crippen LogP contribution in [0.15, 0.2) is 36.7 Å². The quantitative estimate of drug-likeness (QED) is 0.611. The molecule has 172 valence electrons. The molecule has 2 aromatic heterocycles. The highest BCUT2D eigenvalue weighted by molar-refractivity contribution is 6.33. The van der Waals surface area contributed by atoms with Crippen molar-refractivity contribution in [3.8, 4) is 11.3 Å². The number of H-pyrrole nitrogens is 1. The number of hydrogen-bond acceptors (Lipinski definition) is 5. The number of hydrogen-bond donors (Lipinski definition) is 2. The van der Waals surface area contributed by atoms with Gasteiger partial charge in [0.25, 0.3) is 0 Å². The monoisotopic (exact) mass is 466 g/mol. The average Bonchev–Trinajstić information content (AvgIpc) is 3.48. The van der Waals surface area contributed by atoms with E-state index in [1.54, 1.807) is 18.0 Å². The smallest absolute Gasteiger partial charge is 0.245 e. The van der Waals surface area contributed by atoms with Crippen molar-refractivity contribution in [1.82, 2.24) is 24.8 Å². The molecule has 3 aromatic rings. The van der Waals surface area contributed by atoms with Crippen molar-refractivity contribution in [3.05, 3.63) is 41.7 Å². The highest BCUT2D eigenvalue weighted by Gasteiger charge is 2.36. The predicted octanol–water partition coefficient (Wildman–Crippen LogP) is 3.69. The fourth-order valence-electron chi connectivity index (χ4n) is 4.93. The van der Waals surface area contributed by atoms with E-state index in [0.29, 0.717) is 36.3 Å². The fourth-order valence-corrected chi connectivity index (χ4v) is 5.12. The summed E-state index contributed by atoms with van der Waals surface area (Å²) in [4.78, 5) is 40.7. The molecule has 0 bridgehead atoms. The Hall–Kier alpha value is -3.13. The number of carbonyl (C=O) groups excluding carboxylic acids is 2. The van der Waals surface area contributed by atoms with E-state index in [4.69, 9.17) is 16.6 Å². The van der Waals surface area contributed by atoms with Crippen molar-refractivity contribution in [3.63, 3.8) is 0 Å². The summed E-state index contributed by atoms with van der Waals surface area (Å²) in [6, 6.07) is 7.90. The van der Waals surface area contributed by atoms with Crippen LogP contribution in [0.3, 0.4) is 0 Å². The van der Waals surface area contributed by atoms with Crippen LogP contribution >= 0.6 is 11.6 Å². The molecule has 2 aliphatic rings. The zero-order valence-corrected chi connectivity index (χ0v) is 19.3. The van der Waals surface area contributed by atoms with E-state index in [-0.39, 0.29) is 23.9 Å². The summed E-state index contributed by atoms with van der Waals surface area (Å²) in [5.74, 6) is 0.585. The standard InChI is InChI=1S/C24H27ClN6O2/c1-15(32)31-10-4-7-21(31)23(33)30-11-8-16(9-12-30)28-24-27-14-19(25)22(29-24)18-13-26-20-6-3-2-5-17(18)20/h2-3,5-6,13-14,16,21,26H,4,7-12H2,1H3,(H,27,28,29)/t21-/m0/s1. The number of para-hydroxylation sites is 1. The van der Waals surface area contributed by atoms with Crippen LogP contribution < -0.4 is 5.32 Å². The summed E-state index contributed by atoms with van der Waals surface area (Å²) in [6.07, 6.45) is 6.79. The first-order chi connectivity index (χ1) is 16.0. The Bertz CT molecular complexity index is 1190. The first kappa shape index (κ1) is 21.7. The van der Waals surface area contributed by atoms with E-state index in [2.05, 4.69) is 15.3 Å². The Morgan fingerprint density at radius 3 is 2.73 bits per heavy atom. The van der Waals surface area contributed by atoms with Gasteiger partial charge >= 0.3 is 0 Å². The Labute approximate surface area is 197 Å². The van der Waals surface area contributed by atoms with E-state index < -0.39 is 0 Å². The molecule has 0 spiro atoms. The van der Waals surface area contributed by atoms with Crippen LogP contribution in [0.1, 0.15) is 32.6 Å². The molecule has 0 saturated carbocycles. The molecule has 1 atom stereocenters. The number of aromatic nitrogens is 3. The summed E-state index contributed by atoms with van der Waals surface area (Å²) in [7, 11) is 0. The van der Waals surface area contributed by atoms with E-state index in [1.165, 1.54) is 0 Å². The zero-order chi connectivity index (χ0) is 22.9. The molecule has 33 heavy (non-hydrogen) atoms. The van der Waals surface area contributed by atoms with Crippen molar-refractivity contribution in [2.24, 2.45) is 0 Å². The minimum Gasteiger partial charge on any atom is -0.360 e. The molecule has 0 aliphatic carbocycles. The van der Waals surface area contributed by atoms with Crippen LogP contribution in [-0.2, 0) is 9.59 Å². The summed E-state index contributed by atoms with van der Waals surface area (Å²) < 4.78 is 0. The largest absolute Gasteiger partial charge is 0.360 e. The highest BCUT2D eigenvalue weighted by Crippen LogP contribution is 2.32. The summed E-state index contributed by atoms with van der Waals surface area (Å²) in [5, 5.41) is 4.98. The van der Waals surface area contributed by atoms with Gasteiger partial charge < -0.3 is 20.1 Å². The van der Waals surface area contributed by atoms with Gasteiger partial charge in [0.15, 0.2) is 0 Å². The molecule has 2 fully saturated rings. The number of likely N-dealkylation sites (tertiary alicyclic amines) is 2. The highest BCUT2D eigenvalue weighted by atomic mass is 35.5. The van der Waals surface area contributed by atoms with E-state index in [0.717, 1.165) is 42.1 Å². The van der Waals surface area contributed by atoms with Gasteiger partial charge in [0.05, 0.1) is 16.9 Å². The molecule has 8 nitrogen and oxygen atoms in total. The van der Waals surface area contributed by atoms with Crippen molar-refractivity contribution in [2.75, 3.05) is 25.0 Å². The van der Waals surface area contributed by atoms with Crippen LogP contribution in [0.5, 0.6) is 0 Å². The maximum Gasteiger partial charge on any atom is 0.245 e. The number of amides is 2. The number of halogens is 1. The van der Waals surface area contributed by atoms with Crippen molar-refractivity contribution in [1.29, 1.82) is 0 Å². The first-order valence-electron chi connectivity index (χ1n) is 11.4. The van der Waals surface area contributed by atoms with Gasteiger partial charge in [-0.2, -0.15) is 0 Å². The van der Waals surface area contributed by atoms with Crippen LogP contribution in [0.2, 0.25) is 5.02 Å². The van der Waals surface area contributed by atoms with Crippen molar-refractivity contribution < 1.29 is 9.59 Å². The fraction of sp³-hybridized carbons (Fsp3) is 0.417. The molecule has 1 aromatic carbocycles. The van der Waals surface area contributed by atoms with Crippen LogP contribution in [0.25, 0.3) is 22.2 Å². The number of anilines is 1. The number of aromatic amines is 1. The maximum absolute atomic E-state index is 13.0. The van der Waals surface area contributed by atoms with Crippen LogP contribution in [0, 0.1) is 0 Å². The number of nitrogens with zero attached hydrogens (tertiary/aromatic N) is 4. The molecule has 2 aliphatic heterocycles. The van der Waals surface area contributed by atoms with Gasteiger partial charge in [0, 0.05) is 55.3 Å². The topological polar surface area (TPSA) is 94.2 Å². The van der Waals surface area contributed by atoms with Gasteiger partial charge in [-0.3, -0.25) is 9.59 Å². The number of nitrogens with one attached hydrogen (secondary N) is 2. The molecule has 2 amide bonds. The molecule has 2 N–H and O–H groups in total. The van der Waals surface area contributed by atoms with E-state index in [1.807, 2.05) is 35.4 Å². The Balaban J connectivity index is 1.25. The number of piperidine rings is 1. The number of rotatable bonds is 4. The van der Waals surface area contributed by atoms with Gasteiger partial charge in [0.2, 0.25) is 17.8 Å². The normalized spacial score (nSPS) is 19.3. The lowest BCUT2D eigenvalue weighted by atomic mass is 10.0. The third kappa shape index (κ3) is 4.27.